The highest BCUT2D eigenvalue weighted by atomic mass is 16.5. The van der Waals surface area contributed by atoms with Crippen molar-refractivity contribution in [3.8, 4) is 0 Å². The summed E-state index contributed by atoms with van der Waals surface area (Å²) in [6, 6.07) is 0. The summed E-state index contributed by atoms with van der Waals surface area (Å²) in [5.41, 5.74) is 6.26. The van der Waals surface area contributed by atoms with Crippen molar-refractivity contribution in [2.45, 2.75) is 38.8 Å². The molecule has 2 unspecified atom stereocenters. The lowest BCUT2D eigenvalue weighted by molar-refractivity contribution is -0.147. The fourth-order valence-electron chi connectivity index (χ4n) is 2.12. The number of likely N-dealkylation sites (N-methyl/N-ethyl adjacent to an activating group) is 1. The SMILES string of the molecule is CCOC1CC(N)(CNC)C1(C)C. The quantitative estimate of drug-likeness (QED) is 0.680. The second kappa shape index (κ2) is 3.56. The summed E-state index contributed by atoms with van der Waals surface area (Å²) in [4.78, 5) is 0. The zero-order valence-corrected chi connectivity index (χ0v) is 9.18. The van der Waals surface area contributed by atoms with Crippen LogP contribution in [0.3, 0.4) is 0 Å². The largest absolute Gasteiger partial charge is 0.378 e. The van der Waals surface area contributed by atoms with Crippen LogP contribution in [0.1, 0.15) is 27.2 Å². The van der Waals surface area contributed by atoms with E-state index in [2.05, 4.69) is 19.2 Å². The molecule has 0 heterocycles. The minimum atomic E-state index is -0.0956. The molecule has 78 valence electrons. The fourth-order valence-corrected chi connectivity index (χ4v) is 2.12. The summed E-state index contributed by atoms with van der Waals surface area (Å²) < 4.78 is 5.63. The second-order valence-corrected chi connectivity index (χ2v) is 4.56. The van der Waals surface area contributed by atoms with Crippen LogP contribution >= 0.6 is 0 Å². The van der Waals surface area contributed by atoms with Crippen LogP contribution in [0.25, 0.3) is 0 Å². The molecule has 0 aromatic rings. The van der Waals surface area contributed by atoms with Crippen LogP contribution in [0.5, 0.6) is 0 Å². The van der Waals surface area contributed by atoms with Crippen molar-refractivity contribution in [3.63, 3.8) is 0 Å². The highest BCUT2D eigenvalue weighted by Crippen LogP contribution is 2.49. The molecule has 1 aliphatic carbocycles. The summed E-state index contributed by atoms with van der Waals surface area (Å²) >= 11 is 0. The van der Waals surface area contributed by atoms with Crippen molar-refractivity contribution >= 4 is 0 Å². The molecule has 0 spiro atoms. The second-order valence-electron chi connectivity index (χ2n) is 4.56. The number of hydrogen-bond acceptors (Lipinski definition) is 3. The standard InChI is InChI=1S/C10H22N2O/c1-5-13-8-6-10(11,7-12-4)9(8,2)3/h8,12H,5-7,11H2,1-4H3. The molecular formula is C10H22N2O. The average molecular weight is 186 g/mol. The lowest BCUT2D eigenvalue weighted by Gasteiger charge is -2.59. The van der Waals surface area contributed by atoms with Gasteiger partial charge in [-0.2, -0.15) is 0 Å². The molecule has 3 nitrogen and oxygen atoms in total. The Morgan fingerprint density at radius 1 is 1.54 bits per heavy atom. The Balaban J connectivity index is 2.56. The van der Waals surface area contributed by atoms with Crippen molar-refractivity contribution in [2.75, 3.05) is 20.2 Å². The van der Waals surface area contributed by atoms with Gasteiger partial charge in [0.05, 0.1) is 6.10 Å². The van der Waals surface area contributed by atoms with E-state index in [0.29, 0.717) is 6.10 Å². The van der Waals surface area contributed by atoms with Gasteiger partial charge in [-0.15, -0.1) is 0 Å². The molecule has 3 N–H and O–H groups in total. The number of ether oxygens (including phenoxy) is 1. The van der Waals surface area contributed by atoms with E-state index >= 15 is 0 Å². The molecular weight excluding hydrogens is 164 g/mol. The van der Waals surface area contributed by atoms with Gasteiger partial charge in [0, 0.05) is 24.1 Å². The molecule has 0 aliphatic heterocycles. The van der Waals surface area contributed by atoms with Gasteiger partial charge in [0.15, 0.2) is 0 Å². The number of nitrogens with one attached hydrogen (secondary N) is 1. The first-order valence-corrected chi connectivity index (χ1v) is 5.03. The Kier molecular flexibility index (Phi) is 3.00. The van der Waals surface area contributed by atoms with E-state index in [4.69, 9.17) is 10.5 Å². The van der Waals surface area contributed by atoms with Crippen LogP contribution in [-0.2, 0) is 4.74 Å². The Labute approximate surface area is 81.0 Å². The Hall–Kier alpha value is -0.120. The van der Waals surface area contributed by atoms with E-state index in [9.17, 15) is 0 Å². The molecule has 2 atom stereocenters. The molecule has 0 saturated heterocycles. The van der Waals surface area contributed by atoms with Gasteiger partial charge in [-0.05, 0) is 20.4 Å². The highest BCUT2D eigenvalue weighted by Gasteiger charge is 2.57. The summed E-state index contributed by atoms with van der Waals surface area (Å²) in [6.45, 7) is 8.06. The third kappa shape index (κ3) is 1.60. The van der Waals surface area contributed by atoms with Gasteiger partial charge in [-0.25, -0.2) is 0 Å². The lowest BCUT2D eigenvalue weighted by atomic mass is 9.54. The first-order chi connectivity index (χ1) is 5.98. The van der Waals surface area contributed by atoms with Gasteiger partial charge in [0.2, 0.25) is 0 Å². The zero-order chi connectivity index (χ0) is 10.1. The monoisotopic (exact) mass is 186 g/mol. The van der Waals surface area contributed by atoms with Gasteiger partial charge in [-0.1, -0.05) is 13.8 Å². The van der Waals surface area contributed by atoms with Gasteiger partial charge >= 0.3 is 0 Å². The summed E-state index contributed by atoms with van der Waals surface area (Å²) in [5, 5.41) is 3.15. The third-order valence-corrected chi connectivity index (χ3v) is 3.50. The Morgan fingerprint density at radius 2 is 2.15 bits per heavy atom. The fraction of sp³-hybridized carbons (Fsp3) is 1.00. The van der Waals surface area contributed by atoms with E-state index in [-0.39, 0.29) is 11.0 Å². The number of rotatable bonds is 4. The normalized spacial score (nSPS) is 37.2. The molecule has 0 amide bonds. The maximum Gasteiger partial charge on any atom is 0.0662 e. The minimum absolute atomic E-state index is 0.0893. The number of nitrogens with two attached hydrogens (primary N) is 1. The van der Waals surface area contributed by atoms with Gasteiger partial charge < -0.3 is 15.8 Å². The zero-order valence-electron chi connectivity index (χ0n) is 9.18. The molecule has 3 heteroatoms. The minimum Gasteiger partial charge on any atom is -0.378 e. The van der Waals surface area contributed by atoms with E-state index in [1.807, 2.05) is 14.0 Å². The number of hydrogen-bond donors (Lipinski definition) is 2. The van der Waals surface area contributed by atoms with Crippen LogP contribution in [0.4, 0.5) is 0 Å². The van der Waals surface area contributed by atoms with Gasteiger partial charge in [-0.3, -0.25) is 0 Å². The molecule has 0 aromatic heterocycles. The Bertz CT molecular complexity index is 182. The van der Waals surface area contributed by atoms with E-state index in [1.165, 1.54) is 0 Å². The molecule has 13 heavy (non-hydrogen) atoms. The van der Waals surface area contributed by atoms with Crippen molar-refractivity contribution in [1.29, 1.82) is 0 Å². The molecule has 1 saturated carbocycles. The maximum atomic E-state index is 6.27. The van der Waals surface area contributed by atoms with Crippen LogP contribution in [0.2, 0.25) is 0 Å². The molecule has 1 fully saturated rings. The molecule has 0 bridgehead atoms. The predicted molar refractivity (Wildman–Crippen MR) is 54.7 cm³/mol. The summed E-state index contributed by atoms with van der Waals surface area (Å²) in [6.07, 6.45) is 1.30. The van der Waals surface area contributed by atoms with Crippen LogP contribution < -0.4 is 11.1 Å². The first-order valence-electron chi connectivity index (χ1n) is 5.03. The average Bonchev–Trinajstić information content (AvgIpc) is 2.04. The predicted octanol–water partition coefficient (Wildman–Crippen LogP) is 0.738. The Morgan fingerprint density at radius 3 is 2.54 bits per heavy atom. The molecule has 1 rings (SSSR count). The first kappa shape index (κ1) is 11.0. The molecule has 0 aromatic carbocycles. The van der Waals surface area contributed by atoms with Crippen molar-refractivity contribution < 1.29 is 4.74 Å². The van der Waals surface area contributed by atoms with E-state index in [1.54, 1.807) is 0 Å². The molecule has 1 aliphatic rings. The van der Waals surface area contributed by atoms with E-state index in [0.717, 1.165) is 19.6 Å². The summed E-state index contributed by atoms with van der Waals surface area (Å²) in [5.74, 6) is 0. The van der Waals surface area contributed by atoms with Crippen molar-refractivity contribution in [2.24, 2.45) is 11.1 Å². The highest BCUT2D eigenvalue weighted by molar-refractivity contribution is 5.14. The van der Waals surface area contributed by atoms with Crippen LogP contribution in [0.15, 0.2) is 0 Å². The third-order valence-electron chi connectivity index (χ3n) is 3.50. The van der Waals surface area contributed by atoms with Crippen LogP contribution in [-0.4, -0.2) is 31.8 Å². The van der Waals surface area contributed by atoms with E-state index < -0.39 is 0 Å². The molecule has 0 radical (unpaired) electrons. The van der Waals surface area contributed by atoms with Gasteiger partial charge in [0.25, 0.3) is 0 Å². The maximum absolute atomic E-state index is 6.27. The van der Waals surface area contributed by atoms with Crippen molar-refractivity contribution in [3.05, 3.63) is 0 Å². The topological polar surface area (TPSA) is 47.3 Å². The smallest absolute Gasteiger partial charge is 0.0662 e. The van der Waals surface area contributed by atoms with Gasteiger partial charge in [0.1, 0.15) is 0 Å². The lowest BCUT2D eigenvalue weighted by Crippen LogP contribution is -2.73. The summed E-state index contributed by atoms with van der Waals surface area (Å²) in [7, 11) is 1.94. The van der Waals surface area contributed by atoms with Crippen LogP contribution in [0, 0.1) is 5.41 Å². The van der Waals surface area contributed by atoms with Crippen molar-refractivity contribution in [1.82, 2.24) is 5.32 Å².